The maximum atomic E-state index is 12.2. The zero-order chi connectivity index (χ0) is 18.2. The fourth-order valence-corrected chi connectivity index (χ4v) is 2.28. The maximum absolute atomic E-state index is 12.2. The second kappa shape index (κ2) is 8.58. The van der Waals surface area contributed by atoms with Crippen LogP contribution in [0.15, 0.2) is 54.6 Å². The van der Waals surface area contributed by atoms with Crippen LogP contribution in [-0.2, 0) is 16.1 Å². The van der Waals surface area contributed by atoms with E-state index in [0.717, 1.165) is 5.56 Å². The zero-order valence-electron chi connectivity index (χ0n) is 13.8. The third kappa shape index (κ3) is 4.87. The molecule has 25 heavy (non-hydrogen) atoms. The molecule has 130 valence electrons. The van der Waals surface area contributed by atoms with E-state index in [-0.39, 0.29) is 17.2 Å². The average molecular weight is 342 g/mol. The second-order valence-electron chi connectivity index (χ2n) is 5.24. The Labute approximate surface area is 145 Å². The smallest absolute Gasteiger partial charge is 0.345 e. The molecule has 0 radical (unpaired) electrons. The Morgan fingerprint density at radius 2 is 1.72 bits per heavy atom. The van der Waals surface area contributed by atoms with E-state index in [1.165, 1.54) is 24.3 Å². The van der Waals surface area contributed by atoms with Gasteiger partial charge in [-0.05, 0) is 18.6 Å². The lowest BCUT2D eigenvalue weighted by molar-refractivity contribution is -0.385. The van der Waals surface area contributed by atoms with Crippen molar-refractivity contribution in [1.29, 1.82) is 0 Å². The van der Waals surface area contributed by atoms with Crippen molar-refractivity contribution in [1.82, 2.24) is 4.90 Å². The summed E-state index contributed by atoms with van der Waals surface area (Å²) in [6.07, 6.45) is 0. The average Bonchev–Trinajstić information content (AvgIpc) is 2.64. The van der Waals surface area contributed by atoms with Crippen molar-refractivity contribution in [2.75, 3.05) is 13.2 Å². The molecule has 2 rings (SSSR count). The molecule has 7 heteroatoms. The molecule has 0 heterocycles. The molecule has 0 aliphatic heterocycles. The number of nitro benzene ring substituents is 1. The molecule has 0 aliphatic carbocycles. The number of benzene rings is 2. The predicted octanol–water partition coefficient (Wildman–Crippen LogP) is 2.80. The van der Waals surface area contributed by atoms with Crippen LogP contribution >= 0.6 is 0 Å². The number of carbonyl (C=O) groups excluding carboxylic acids is 2. The van der Waals surface area contributed by atoms with Gasteiger partial charge in [0.1, 0.15) is 5.56 Å². The molecular formula is C18H18N2O5. The topological polar surface area (TPSA) is 89.8 Å². The first kappa shape index (κ1) is 18.1. The van der Waals surface area contributed by atoms with E-state index >= 15 is 0 Å². The van der Waals surface area contributed by atoms with E-state index in [1.54, 1.807) is 4.90 Å². The van der Waals surface area contributed by atoms with Crippen molar-refractivity contribution in [3.63, 3.8) is 0 Å². The van der Waals surface area contributed by atoms with Crippen LogP contribution in [0, 0.1) is 10.1 Å². The van der Waals surface area contributed by atoms with Gasteiger partial charge in [0.25, 0.3) is 11.6 Å². The standard InChI is InChI=1S/C18H18N2O5/c1-2-19(12-14-8-4-3-5-9-14)17(21)13-25-18(22)15-10-6-7-11-16(15)20(23)24/h3-11H,2,12-13H2,1H3. The third-order valence-electron chi connectivity index (χ3n) is 3.60. The van der Waals surface area contributed by atoms with Crippen LogP contribution in [0.4, 0.5) is 5.69 Å². The SMILES string of the molecule is CCN(Cc1ccccc1)C(=O)COC(=O)c1ccccc1[N+](=O)[O-]. The highest BCUT2D eigenvalue weighted by molar-refractivity contribution is 5.95. The molecule has 0 fully saturated rings. The number of nitrogens with zero attached hydrogens (tertiary/aromatic N) is 2. The van der Waals surface area contributed by atoms with Crippen LogP contribution < -0.4 is 0 Å². The van der Waals surface area contributed by atoms with E-state index in [4.69, 9.17) is 4.74 Å². The van der Waals surface area contributed by atoms with Crippen LogP contribution in [0.3, 0.4) is 0 Å². The predicted molar refractivity (Wildman–Crippen MR) is 90.9 cm³/mol. The molecule has 0 saturated carbocycles. The number of esters is 1. The van der Waals surface area contributed by atoms with Gasteiger partial charge in [0.05, 0.1) is 4.92 Å². The Morgan fingerprint density at radius 1 is 1.08 bits per heavy atom. The van der Waals surface area contributed by atoms with E-state index < -0.39 is 17.5 Å². The van der Waals surface area contributed by atoms with Crippen LogP contribution in [0.25, 0.3) is 0 Å². The first-order valence-electron chi connectivity index (χ1n) is 7.75. The van der Waals surface area contributed by atoms with Crippen molar-refractivity contribution in [3.05, 3.63) is 75.8 Å². The summed E-state index contributed by atoms with van der Waals surface area (Å²) in [6, 6.07) is 14.9. The minimum atomic E-state index is -0.892. The van der Waals surface area contributed by atoms with Gasteiger partial charge in [-0.1, -0.05) is 42.5 Å². The number of likely N-dealkylation sites (N-methyl/N-ethyl adjacent to an activating group) is 1. The second-order valence-corrected chi connectivity index (χ2v) is 5.24. The number of carbonyl (C=O) groups is 2. The molecule has 0 atom stereocenters. The number of para-hydroxylation sites is 1. The monoisotopic (exact) mass is 342 g/mol. The molecule has 0 spiro atoms. The first-order chi connectivity index (χ1) is 12.0. The molecule has 0 aromatic heterocycles. The van der Waals surface area contributed by atoms with Gasteiger partial charge in [0.15, 0.2) is 6.61 Å². The lowest BCUT2D eigenvalue weighted by atomic mass is 10.2. The summed E-state index contributed by atoms with van der Waals surface area (Å²) in [5.74, 6) is -1.25. The van der Waals surface area contributed by atoms with Gasteiger partial charge in [-0.15, -0.1) is 0 Å². The maximum Gasteiger partial charge on any atom is 0.345 e. The Balaban J connectivity index is 1.98. The van der Waals surface area contributed by atoms with Crippen molar-refractivity contribution >= 4 is 17.6 Å². The number of nitro groups is 1. The fraction of sp³-hybridized carbons (Fsp3) is 0.222. The molecule has 0 aliphatic rings. The Kier molecular flexibility index (Phi) is 6.22. The lowest BCUT2D eigenvalue weighted by Crippen LogP contribution is -2.34. The summed E-state index contributed by atoms with van der Waals surface area (Å²) in [5, 5.41) is 10.9. The fourth-order valence-electron chi connectivity index (χ4n) is 2.28. The minimum absolute atomic E-state index is 0.175. The Bertz CT molecular complexity index is 761. The van der Waals surface area contributed by atoms with Crippen molar-refractivity contribution in [2.45, 2.75) is 13.5 Å². The summed E-state index contributed by atoms with van der Waals surface area (Å²) >= 11 is 0. The van der Waals surface area contributed by atoms with Gasteiger partial charge >= 0.3 is 5.97 Å². The Morgan fingerprint density at radius 3 is 2.36 bits per heavy atom. The van der Waals surface area contributed by atoms with Gasteiger partial charge in [-0.2, -0.15) is 0 Å². The minimum Gasteiger partial charge on any atom is -0.452 e. The van der Waals surface area contributed by atoms with Gasteiger partial charge in [0, 0.05) is 19.2 Å². The van der Waals surface area contributed by atoms with E-state index in [0.29, 0.717) is 13.1 Å². The highest BCUT2D eigenvalue weighted by atomic mass is 16.6. The molecule has 0 bridgehead atoms. The van der Waals surface area contributed by atoms with Gasteiger partial charge in [-0.25, -0.2) is 4.79 Å². The quantitative estimate of drug-likeness (QED) is 0.438. The van der Waals surface area contributed by atoms with E-state index in [9.17, 15) is 19.7 Å². The van der Waals surface area contributed by atoms with Gasteiger partial charge in [-0.3, -0.25) is 14.9 Å². The summed E-state index contributed by atoms with van der Waals surface area (Å²) < 4.78 is 4.97. The van der Waals surface area contributed by atoms with Crippen LogP contribution in [0.1, 0.15) is 22.8 Å². The summed E-state index contributed by atoms with van der Waals surface area (Å²) in [5.41, 5.74) is 0.436. The van der Waals surface area contributed by atoms with E-state index in [2.05, 4.69) is 0 Å². The number of hydrogen-bond donors (Lipinski definition) is 0. The molecule has 0 saturated heterocycles. The molecule has 1 amide bonds. The number of ether oxygens (including phenoxy) is 1. The number of hydrogen-bond acceptors (Lipinski definition) is 5. The van der Waals surface area contributed by atoms with Crippen molar-refractivity contribution in [2.24, 2.45) is 0 Å². The van der Waals surface area contributed by atoms with Gasteiger partial charge < -0.3 is 9.64 Å². The Hall–Kier alpha value is -3.22. The largest absolute Gasteiger partial charge is 0.452 e. The highest BCUT2D eigenvalue weighted by Gasteiger charge is 2.22. The van der Waals surface area contributed by atoms with Crippen molar-refractivity contribution in [3.8, 4) is 0 Å². The van der Waals surface area contributed by atoms with Gasteiger partial charge in [0.2, 0.25) is 0 Å². The lowest BCUT2D eigenvalue weighted by Gasteiger charge is -2.20. The molecule has 0 N–H and O–H groups in total. The highest BCUT2D eigenvalue weighted by Crippen LogP contribution is 2.18. The normalized spacial score (nSPS) is 10.1. The van der Waals surface area contributed by atoms with Crippen LogP contribution in [0.5, 0.6) is 0 Å². The van der Waals surface area contributed by atoms with Crippen LogP contribution in [-0.4, -0.2) is 34.9 Å². The molecular weight excluding hydrogens is 324 g/mol. The molecule has 7 nitrogen and oxygen atoms in total. The number of amides is 1. The summed E-state index contributed by atoms with van der Waals surface area (Å²) in [7, 11) is 0. The van der Waals surface area contributed by atoms with E-state index in [1.807, 2.05) is 37.3 Å². The third-order valence-corrected chi connectivity index (χ3v) is 3.60. The zero-order valence-corrected chi connectivity index (χ0v) is 13.8. The van der Waals surface area contributed by atoms with Crippen molar-refractivity contribution < 1.29 is 19.2 Å². The van der Waals surface area contributed by atoms with Crippen LogP contribution in [0.2, 0.25) is 0 Å². The summed E-state index contributed by atoms with van der Waals surface area (Å²) in [6.45, 7) is 2.21. The summed E-state index contributed by atoms with van der Waals surface area (Å²) in [4.78, 5) is 36.1. The first-order valence-corrected chi connectivity index (χ1v) is 7.75. The molecule has 2 aromatic carbocycles. The molecule has 0 unspecified atom stereocenters. The molecule has 2 aromatic rings. The number of rotatable bonds is 7.